The van der Waals surface area contributed by atoms with Gasteiger partial charge in [0.2, 0.25) is 0 Å². The van der Waals surface area contributed by atoms with Gasteiger partial charge in [0.25, 0.3) is 0 Å². The maximum absolute atomic E-state index is 2.62. The molecule has 1 nitrogen and oxygen atoms in total. The molecule has 2 aromatic rings. The highest BCUT2D eigenvalue weighted by Gasteiger charge is 2.43. The predicted octanol–water partition coefficient (Wildman–Crippen LogP) is 4.91. The maximum Gasteiger partial charge on any atom is 0.0742 e. The molecule has 0 saturated carbocycles. The van der Waals surface area contributed by atoms with Crippen LogP contribution in [0.4, 0.5) is 5.69 Å². The summed E-state index contributed by atoms with van der Waals surface area (Å²) in [5.74, 6) is 0.546. The van der Waals surface area contributed by atoms with E-state index in [1.807, 2.05) is 0 Å². The molecule has 0 aromatic heterocycles. The maximum atomic E-state index is 2.62. The molecule has 5 rings (SSSR count). The number of anilines is 1. The van der Waals surface area contributed by atoms with Crippen molar-refractivity contribution in [2.24, 2.45) is 0 Å². The first-order valence-corrected chi connectivity index (χ1v) is 8.09. The Morgan fingerprint density at radius 3 is 2.59 bits per heavy atom. The fraction of sp³-hybridized carbons (Fsp3) is 0.238. The fourth-order valence-electron chi connectivity index (χ4n) is 4.30. The number of rotatable bonds is 0. The molecule has 3 atom stereocenters. The Labute approximate surface area is 131 Å². The number of aryl methyl sites for hydroxylation is 1. The Morgan fingerprint density at radius 1 is 0.909 bits per heavy atom. The second-order valence-corrected chi connectivity index (χ2v) is 6.68. The zero-order chi connectivity index (χ0) is 14.8. The van der Waals surface area contributed by atoms with Crippen molar-refractivity contribution in [2.75, 3.05) is 4.90 Å². The molecule has 1 heteroatoms. The zero-order valence-electron chi connectivity index (χ0n) is 13.0. The lowest BCUT2D eigenvalue weighted by Gasteiger charge is -2.52. The average molecular weight is 285 g/mol. The van der Waals surface area contributed by atoms with Gasteiger partial charge in [-0.3, -0.25) is 0 Å². The molecule has 0 N–H and O–H groups in total. The van der Waals surface area contributed by atoms with Crippen LogP contribution >= 0.6 is 0 Å². The van der Waals surface area contributed by atoms with Gasteiger partial charge in [-0.25, -0.2) is 0 Å². The lowest BCUT2D eigenvalue weighted by atomic mass is 9.71. The summed E-state index contributed by atoms with van der Waals surface area (Å²) in [5.41, 5.74) is 8.62. The molecule has 3 aliphatic rings. The number of para-hydroxylation sites is 1. The first kappa shape index (κ1) is 12.3. The van der Waals surface area contributed by atoms with Crippen LogP contribution in [0.15, 0.2) is 54.6 Å². The molecular weight excluding hydrogens is 266 g/mol. The van der Waals surface area contributed by atoms with Gasteiger partial charge in [0, 0.05) is 11.6 Å². The van der Waals surface area contributed by atoms with Crippen molar-refractivity contribution < 1.29 is 0 Å². The molecule has 0 amide bonds. The third-order valence-corrected chi connectivity index (χ3v) is 5.65. The van der Waals surface area contributed by atoms with E-state index in [4.69, 9.17) is 0 Å². The molecule has 22 heavy (non-hydrogen) atoms. The lowest BCUT2D eigenvalue weighted by molar-refractivity contribution is 0.511. The number of hydrogen-bond donors (Lipinski definition) is 0. The van der Waals surface area contributed by atoms with Crippen molar-refractivity contribution >= 4 is 11.8 Å². The Balaban J connectivity index is 1.79. The van der Waals surface area contributed by atoms with Crippen molar-refractivity contribution in [1.82, 2.24) is 0 Å². The molecule has 1 aliphatic carbocycles. The summed E-state index contributed by atoms with van der Waals surface area (Å²) < 4.78 is 0. The van der Waals surface area contributed by atoms with Gasteiger partial charge < -0.3 is 4.90 Å². The second-order valence-electron chi connectivity index (χ2n) is 6.68. The van der Waals surface area contributed by atoms with Crippen molar-refractivity contribution in [3.8, 4) is 0 Å². The van der Waals surface area contributed by atoms with Crippen LogP contribution in [0.25, 0.3) is 6.08 Å². The molecule has 0 radical (unpaired) electrons. The van der Waals surface area contributed by atoms with Gasteiger partial charge in [-0.2, -0.15) is 0 Å². The molecule has 2 heterocycles. The van der Waals surface area contributed by atoms with Gasteiger partial charge in [0.05, 0.1) is 12.1 Å². The normalized spacial score (nSPS) is 26.6. The number of fused-ring (bicyclic) bond motifs is 8. The molecular formula is C21H19N. The summed E-state index contributed by atoms with van der Waals surface area (Å²) in [6.07, 6.45) is 9.42. The van der Waals surface area contributed by atoms with Crippen LogP contribution in [0.5, 0.6) is 0 Å². The minimum atomic E-state index is 0.371. The molecule has 108 valence electrons. The molecule has 0 spiro atoms. The van der Waals surface area contributed by atoms with Gasteiger partial charge in [-0.05, 0) is 47.7 Å². The Bertz CT molecular complexity index is 843. The molecule has 0 fully saturated rings. The Hall–Kier alpha value is -2.28. The van der Waals surface area contributed by atoms with Crippen molar-refractivity contribution in [2.45, 2.75) is 31.8 Å². The molecule has 3 unspecified atom stereocenters. The van der Waals surface area contributed by atoms with Gasteiger partial charge in [-0.15, -0.1) is 0 Å². The van der Waals surface area contributed by atoms with E-state index in [0.29, 0.717) is 18.0 Å². The first-order valence-electron chi connectivity index (χ1n) is 8.09. The highest BCUT2D eigenvalue weighted by Crippen LogP contribution is 2.51. The summed E-state index contributed by atoms with van der Waals surface area (Å²) in [6.45, 7) is 4.51. The summed E-state index contributed by atoms with van der Waals surface area (Å²) in [6, 6.07) is 14.3. The van der Waals surface area contributed by atoms with Crippen LogP contribution in [-0.4, -0.2) is 6.04 Å². The summed E-state index contributed by atoms with van der Waals surface area (Å²) in [5, 5.41) is 0. The lowest BCUT2D eigenvalue weighted by Crippen LogP contribution is -2.49. The highest BCUT2D eigenvalue weighted by atomic mass is 15.2. The van der Waals surface area contributed by atoms with Crippen LogP contribution in [0.3, 0.4) is 0 Å². The largest absolute Gasteiger partial charge is 0.353 e. The van der Waals surface area contributed by atoms with Gasteiger partial charge in [0.1, 0.15) is 0 Å². The van der Waals surface area contributed by atoms with E-state index in [0.717, 1.165) is 0 Å². The number of nitrogens with zero attached hydrogens (tertiary/aromatic N) is 1. The van der Waals surface area contributed by atoms with Crippen molar-refractivity contribution in [3.63, 3.8) is 0 Å². The molecule has 0 bridgehead atoms. The average Bonchev–Trinajstić information content (AvgIpc) is 2.50. The van der Waals surface area contributed by atoms with E-state index in [-0.39, 0.29) is 0 Å². The SMILES string of the molecule is Cc1ccc2c(c1C)C1C=Cc3ccccc3N1C1C=CC21. The van der Waals surface area contributed by atoms with Crippen LogP contribution < -0.4 is 4.90 Å². The smallest absolute Gasteiger partial charge is 0.0742 e. The minimum Gasteiger partial charge on any atom is -0.353 e. The van der Waals surface area contributed by atoms with Crippen LogP contribution in [-0.2, 0) is 0 Å². The first-order chi connectivity index (χ1) is 10.8. The van der Waals surface area contributed by atoms with E-state index in [2.05, 4.69) is 79.4 Å². The van der Waals surface area contributed by atoms with E-state index in [9.17, 15) is 0 Å². The third kappa shape index (κ3) is 1.39. The second kappa shape index (κ2) is 4.13. The third-order valence-electron chi connectivity index (χ3n) is 5.65. The van der Waals surface area contributed by atoms with E-state index in [1.165, 1.54) is 33.5 Å². The predicted molar refractivity (Wildman–Crippen MR) is 92.3 cm³/mol. The Kier molecular flexibility index (Phi) is 2.31. The van der Waals surface area contributed by atoms with Gasteiger partial charge in [0.15, 0.2) is 0 Å². The van der Waals surface area contributed by atoms with Crippen LogP contribution in [0.2, 0.25) is 0 Å². The number of benzene rings is 2. The molecule has 0 saturated heterocycles. The topological polar surface area (TPSA) is 3.24 Å². The number of hydrogen-bond acceptors (Lipinski definition) is 1. The van der Waals surface area contributed by atoms with Crippen molar-refractivity contribution in [3.05, 3.63) is 82.4 Å². The summed E-state index contributed by atoms with van der Waals surface area (Å²) >= 11 is 0. The molecule has 2 aromatic carbocycles. The van der Waals surface area contributed by atoms with E-state index in [1.54, 1.807) is 0 Å². The Morgan fingerprint density at radius 2 is 1.77 bits per heavy atom. The van der Waals surface area contributed by atoms with Crippen LogP contribution in [0.1, 0.15) is 39.8 Å². The summed E-state index contributed by atoms with van der Waals surface area (Å²) in [4.78, 5) is 2.62. The fourth-order valence-corrected chi connectivity index (χ4v) is 4.30. The van der Waals surface area contributed by atoms with Gasteiger partial charge >= 0.3 is 0 Å². The minimum absolute atomic E-state index is 0.371. The monoisotopic (exact) mass is 285 g/mol. The van der Waals surface area contributed by atoms with Gasteiger partial charge in [-0.1, -0.05) is 54.6 Å². The van der Waals surface area contributed by atoms with E-state index >= 15 is 0 Å². The quantitative estimate of drug-likeness (QED) is 0.621. The van der Waals surface area contributed by atoms with E-state index < -0.39 is 0 Å². The zero-order valence-corrected chi connectivity index (χ0v) is 13.0. The molecule has 2 aliphatic heterocycles. The highest BCUT2D eigenvalue weighted by molar-refractivity contribution is 5.76. The standard InChI is InChI=1S/C21H19N/c1-13-7-9-17-16-10-12-19(16)22-18-6-4-3-5-15(18)8-11-20(22)21(17)14(13)2/h3-12,16,19-20H,1-2H3. The van der Waals surface area contributed by atoms with Crippen LogP contribution in [0, 0.1) is 13.8 Å². The van der Waals surface area contributed by atoms with Crippen molar-refractivity contribution in [1.29, 1.82) is 0 Å². The summed E-state index contributed by atoms with van der Waals surface area (Å²) in [7, 11) is 0.